The maximum atomic E-state index is 11.7. The van der Waals surface area contributed by atoms with Gasteiger partial charge in [-0.1, -0.05) is 25.5 Å². The quantitative estimate of drug-likeness (QED) is 0.493. The molecule has 1 aromatic carbocycles. The molecule has 6 nitrogen and oxygen atoms in total. The molecule has 1 aliphatic heterocycles. The third-order valence-electron chi connectivity index (χ3n) is 4.54. The van der Waals surface area contributed by atoms with Gasteiger partial charge in [0.25, 0.3) is 0 Å². The van der Waals surface area contributed by atoms with Gasteiger partial charge in [0.1, 0.15) is 0 Å². The number of nitrogens with zero attached hydrogens (tertiary/aromatic N) is 2. The van der Waals surface area contributed by atoms with Crippen LogP contribution < -0.4 is 16.0 Å². The van der Waals surface area contributed by atoms with Gasteiger partial charge in [0.05, 0.1) is 0 Å². The Balaban J connectivity index is 1.74. The van der Waals surface area contributed by atoms with E-state index in [2.05, 4.69) is 25.8 Å². The zero-order chi connectivity index (χ0) is 18.6. The lowest BCUT2D eigenvalue weighted by Crippen LogP contribution is -2.42. The highest BCUT2D eigenvalue weighted by Gasteiger charge is 2.09. The fraction of sp³-hybridized carbons (Fsp3) is 0.600. The second-order valence-electron chi connectivity index (χ2n) is 6.75. The van der Waals surface area contributed by atoms with E-state index in [1.54, 1.807) is 7.05 Å². The minimum absolute atomic E-state index is 0.0628. The van der Waals surface area contributed by atoms with Crippen LogP contribution in [0, 0.1) is 0 Å². The van der Waals surface area contributed by atoms with Gasteiger partial charge in [0.15, 0.2) is 5.96 Å². The van der Waals surface area contributed by atoms with Gasteiger partial charge in [0.2, 0.25) is 5.91 Å². The number of carbonyl (C=O) groups is 1. The first-order valence-corrected chi connectivity index (χ1v) is 9.77. The first-order valence-electron chi connectivity index (χ1n) is 9.77. The molecule has 0 saturated carbocycles. The third kappa shape index (κ3) is 7.44. The Morgan fingerprint density at radius 3 is 2.73 bits per heavy atom. The summed E-state index contributed by atoms with van der Waals surface area (Å²) >= 11 is 0. The smallest absolute Gasteiger partial charge is 0.224 e. The van der Waals surface area contributed by atoms with Crippen molar-refractivity contribution in [3.05, 3.63) is 29.8 Å². The average Bonchev–Trinajstić information content (AvgIpc) is 2.66. The maximum Gasteiger partial charge on any atom is 0.224 e. The number of rotatable bonds is 8. The Hall–Kier alpha value is -2.08. The maximum absolute atomic E-state index is 11.7. The average molecular weight is 360 g/mol. The summed E-state index contributed by atoms with van der Waals surface area (Å²) in [5, 5.41) is 9.65. The predicted molar refractivity (Wildman–Crippen MR) is 108 cm³/mol. The van der Waals surface area contributed by atoms with Gasteiger partial charge < -0.3 is 20.9 Å². The first kappa shape index (κ1) is 20.2. The topological polar surface area (TPSA) is 68.8 Å². The van der Waals surface area contributed by atoms with Crippen molar-refractivity contribution in [3.63, 3.8) is 0 Å². The van der Waals surface area contributed by atoms with Crippen molar-refractivity contribution in [3.8, 4) is 0 Å². The molecule has 3 N–H and O–H groups in total. The van der Waals surface area contributed by atoms with E-state index < -0.39 is 0 Å². The Morgan fingerprint density at radius 2 is 2.00 bits per heavy atom. The third-order valence-corrected chi connectivity index (χ3v) is 4.54. The minimum Gasteiger partial charge on any atom is -0.355 e. The molecular formula is C20H33N5O. The van der Waals surface area contributed by atoms with Gasteiger partial charge in [-0.05, 0) is 50.0 Å². The number of guanidine groups is 1. The molecule has 6 heteroatoms. The van der Waals surface area contributed by atoms with E-state index in [0.29, 0.717) is 13.0 Å². The first-order chi connectivity index (χ1) is 12.7. The van der Waals surface area contributed by atoms with E-state index in [-0.39, 0.29) is 5.91 Å². The fourth-order valence-corrected chi connectivity index (χ4v) is 3.13. The largest absolute Gasteiger partial charge is 0.355 e. The lowest BCUT2D eigenvalue weighted by Gasteiger charge is -2.26. The molecule has 0 atom stereocenters. The van der Waals surface area contributed by atoms with Crippen LogP contribution in [0.25, 0.3) is 0 Å². The molecule has 2 rings (SSSR count). The summed E-state index contributed by atoms with van der Waals surface area (Å²) < 4.78 is 0. The molecule has 0 spiro atoms. The minimum atomic E-state index is 0.0628. The van der Waals surface area contributed by atoms with E-state index in [0.717, 1.165) is 36.7 Å². The highest BCUT2D eigenvalue weighted by molar-refractivity contribution is 5.90. The number of hydrogen-bond donors (Lipinski definition) is 3. The second-order valence-corrected chi connectivity index (χ2v) is 6.75. The number of carbonyl (C=O) groups excluding carboxylic acids is 1. The van der Waals surface area contributed by atoms with Gasteiger partial charge in [-0.3, -0.25) is 9.79 Å². The number of hydrogen-bond acceptors (Lipinski definition) is 3. The van der Waals surface area contributed by atoms with Crippen molar-refractivity contribution in [2.45, 2.75) is 45.6 Å². The number of piperidine rings is 1. The van der Waals surface area contributed by atoms with Crippen LogP contribution in [0.1, 0.15) is 44.6 Å². The molecule has 0 aliphatic carbocycles. The molecule has 0 bridgehead atoms. The van der Waals surface area contributed by atoms with E-state index in [4.69, 9.17) is 0 Å². The van der Waals surface area contributed by atoms with Crippen LogP contribution in [0.15, 0.2) is 29.3 Å². The van der Waals surface area contributed by atoms with Crippen LogP contribution in [-0.4, -0.2) is 50.0 Å². The second kappa shape index (κ2) is 11.5. The van der Waals surface area contributed by atoms with Crippen LogP contribution >= 0.6 is 0 Å². The monoisotopic (exact) mass is 359 g/mol. The predicted octanol–water partition coefficient (Wildman–Crippen LogP) is 2.58. The summed E-state index contributed by atoms with van der Waals surface area (Å²) in [6.45, 7) is 7.05. The molecule has 0 aromatic heterocycles. The van der Waals surface area contributed by atoms with Gasteiger partial charge in [-0.15, -0.1) is 0 Å². The highest BCUT2D eigenvalue weighted by Crippen LogP contribution is 2.11. The van der Waals surface area contributed by atoms with Gasteiger partial charge in [-0.2, -0.15) is 0 Å². The number of amides is 1. The van der Waals surface area contributed by atoms with Crippen LogP contribution in [0.4, 0.5) is 5.69 Å². The van der Waals surface area contributed by atoms with Crippen LogP contribution in [0.3, 0.4) is 0 Å². The standard InChI is InChI=1S/C20H33N5O/c1-3-8-19(26)24-18-10-7-9-17(15-18)16-23-20(21-2)22-11-14-25-12-5-4-6-13-25/h7,9-10,15H,3-6,8,11-14,16H2,1-2H3,(H,24,26)(H2,21,22,23). The molecular weight excluding hydrogens is 326 g/mol. The lowest BCUT2D eigenvalue weighted by molar-refractivity contribution is -0.116. The van der Waals surface area contributed by atoms with Crippen molar-refractivity contribution < 1.29 is 4.79 Å². The SMILES string of the molecule is CCCC(=O)Nc1cccc(CNC(=NC)NCCN2CCCCC2)c1. The molecule has 1 amide bonds. The number of likely N-dealkylation sites (tertiary alicyclic amines) is 1. The summed E-state index contributed by atoms with van der Waals surface area (Å²) in [5.41, 5.74) is 1.95. The van der Waals surface area contributed by atoms with Crippen LogP contribution in [0.2, 0.25) is 0 Å². The number of anilines is 1. The zero-order valence-electron chi connectivity index (χ0n) is 16.2. The Labute approximate surface area is 157 Å². The van der Waals surface area contributed by atoms with E-state index >= 15 is 0 Å². The molecule has 0 unspecified atom stereocenters. The summed E-state index contributed by atoms with van der Waals surface area (Å²) in [6, 6.07) is 7.93. The summed E-state index contributed by atoms with van der Waals surface area (Å²) in [6.07, 6.45) is 5.41. The zero-order valence-corrected chi connectivity index (χ0v) is 16.2. The van der Waals surface area contributed by atoms with E-state index in [9.17, 15) is 4.79 Å². The lowest BCUT2D eigenvalue weighted by atomic mass is 10.1. The van der Waals surface area contributed by atoms with E-state index in [1.165, 1.54) is 32.4 Å². The van der Waals surface area contributed by atoms with Gasteiger partial charge in [-0.25, -0.2) is 0 Å². The number of aliphatic imine (C=N–C) groups is 1. The molecule has 0 radical (unpaired) electrons. The van der Waals surface area contributed by atoms with E-state index in [1.807, 2.05) is 31.2 Å². The Kier molecular flexibility index (Phi) is 8.96. The van der Waals surface area contributed by atoms with Crippen LogP contribution in [-0.2, 0) is 11.3 Å². The molecule has 1 saturated heterocycles. The van der Waals surface area contributed by atoms with Crippen LogP contribution in [0.5, 0.6) is 0 Å². The summed E-state index contributed by atoms with van der Waals surface area (Å²) in [7, 11) is 1.79. The normalized spacial score (nSPS) is 15.5. The number of benzene rings is 1. The summed E-state index contributed by atoms with van der Waals surface area (Å²) in [5.74, 6) is 0.871. The highest BCUT2D eigenvalue weighted by atomic mass is 16.1. The van der Waals surface area contributed by atoms with Crippen molar-refractivity contribution in [1.29, 1.82) is 0 Å². The number of nitrogens with one attached hydrogen (secondary N) is 3. The van der Waals surface area contributed by atoms with Crippen molar-refractivity contribution in [2.75, 3.05) is 38.5 Å². The van der Waals surface area contributed by atoms with Gasteiger partial charge >= 0.3 is 0 Å². The fourth-order valence-electron chi connectivity index (χ4n) is 3.13. The summed E-state index contributed by atoms with van der Waals surface area (Å²) in [4.78, 5) is 18.5. The molecule has 1 heterocycles. The van der Waals surface area contributed by atoms with Gasteiger partial charge in [0, 0.05) is 38.8 Å². The molecule has 1 aliphatic rings. The molecule has 1 aromatic rings. The Bertz CT molecular complexity index is 581. The van der Waals surface area contributed by atoms with Crippen molar-refractivity contribution in [2.24, 2.45) is 4.99 Å². The molecule has 26 heavy (non-hydrogen) atoms. The molecule has 1 fully saturated rings. The van der Waals surface area contributed by atoms with Crippen molar-refractivity contribution in [1.82, 2.24) is 15.5 Å². The van der Waals surface area contributed by atoms with Crippen molar-refractivity contribution >= 4 is 17.6 Å². The Morgan fingerprint density at radius 1 is 1.19 bits per heavy atom. The molecule has 144 valence electrons.